The van der Waals surface area contributed by atoms with Crippen molar-refractivity contribution in [2.24, 2.45) is 0 Å². The first-order valence-electron chi connectivity index (χ1n) is 13.8. The molecule has 0 aromatic heterocycles. The zero-order chi connectivity index (χ0) is 31.0. The van der Waals surface area contributed by atoms with E-state index >= 15 is 0 Å². The zero-order valence-corrected chi connectivity index (χ0v) is 25.1. The van der Waals surface area contributed by atoms with Gasteiger partial charge in [0.05, 0.1) is 23.6 Å². The summed E-state index contributed by atoms with van der Waals surface area (Å²) in [5.41, 5.74) is 5.93. The van der Waals surface area contributed by atoms with Crippen molar-refractivity contribution in [1.82, 2.24) is 5.32 Å². The van der Waals surface area contributed by atoms with Gasteiger partial charge < -0.3 is 25.0 Å². The van der Waals surface area contributed by atoms with Gasteiger partial charge in [0.1, 0.15) is 24.7 Å². The number of carboxylic acids is 1. The molecular formula is C33H36N2O7S. The molecule has 0 aliphatic heterocycles. The van der Waals surface area contributed by atoms with E-state index in [0.717, 1.165) is 39.8 Å². The van der Waals surface area contributed by atoms with Gasteiger partial charge in [0.25, 0.3) is 0 Å². The summed E-state index contributed by atoms with van der Waals surface area (Å²) in [5.74, 6) is 0.147. The van der Waals surface area contributed by atoms with Crippen LogP contribution in [0.3, 0.4) is 0 Å². The maximum Gasteiger partial charge on any atom is 0.335 e. The number of rotatable bonds is 14. The highest BCUT2D eigenvalue weighted by Crippen LogP contribution is 2.32. The van der Waals surface area contributed by atoms with Crippen LogP contribution in [0.15, 0.2) is 84.9 Å². The molecule has 0 saturated heterocycles. The summed E-state index contributed by atoms with van der Waals surface area (Å²) in [7, 11) is -3.57. The summed E-state index contributed by atoms with van der Waals surface area (Å²) in [6, 6.07) is 25.1. The molecule has 43 heavy (non-hydrogen) atoms. The SMILES string of the molecule is Cc1c(OCCNCC(O)c2ccc(OCc3ccccc3)c(NS(C)(=O)=O)c2)ccc(-c2ccc(C(=O)O)cc2)c1C. The van der Waals surface area contributed by atoms with Gasteiger partial charge in [-0.25, -0.2) is 13.2 Å². The standard InChI is InChI=1S/C33H36N2O7S/c1-22-23(2)31(16-14-28(22)25-9-11-26(12-10-25)33(37)38)41-18-17-34-20-30(36)27-13-15-32(29(19-27)35-43(3,39)40)42-21-24-7-5-4-6-8-24/h4-16,19,30,34-36H,17-18,20-21H2,1-3H3,(H,37,38). The molecule has 0 saturated carbocycles. The number of aromatic carboxylic acids is 1. The second kappa shape index (κ2) is 14.2. The number of aliphatic hydroxyl groups excluding tert-OH is 1. The molecule has 0 bridgehead atoms. The molecule has 1 atom stereocenters. The Labute approximate surface area is 252 Å². The van der Waals surface area contributed by atoms with Crippen molar-refractivity contribution < 1.29 is 32.9 Å². The maximum absolute atomic E-state index is 12.0. The van der Waals surface area contributed by atoms with Crippen molar-refractivity contribution in [3.05, 3.63) is 113 Å². The number of carbonyl (C=O) groups is 1. The summed E-state index contributed by atoms with van der Waals surface area (Å²) in [6.45, 7) is 5.32. The molecule has 1 unspecified atom stereocenters. The van der Waals surface area contributed by atoms with Crippen LogP contribution in [0, 0.1) is 13.8 Å². The average molecular weight is 605 g/mol. The second-order valence-corrected chi connectivity index (χ2v) is 12.0. The molecule has 0 heterocycles. The fourth-order valence-corrected chi connectivity index (χ4v) is 5.10. The second-order valence-electron chi connectivity index (χ2n) is 10.2. The van der Waals surface area contributed by atoms with Crippen LogP contribution < -0.4 is 19.5 Å². The van der Waals surface area contributed by atoms with Gasteiger partial charge in [0.15, 0.2) is 0 Å². The highest BCUT2D eigenvalue weighted by molar-refractivity contribution is 7.92. The van der Waals surface area contributed by atoms with Crippen LogP contribution in [-0.4, -0.2) is 50.6 Å². The monoisotopic (exact) mass is 604 g/mol. The summed E-state index contributed by atoms with van der Waals surface area (Å²) >= 11 is 0. The number of hydrogen-bond donors (Lipinski definition) is 4. The van der Waals surface area contributed by atoms with Gasteiger partial charge in [-0.05, 0) is 77.6 Å². The van der Waals surface area contributed by atoms with Gasteiger partial charge in [-0.15, -0.1) is 0 Å². The number of hydrogen-bond acceptors (Lipinski definition) is 7. The van der Waals surface area contributed by atoms with Gasteiger partial charge in [-0.3, -0.25) is 4.72 Å². The minimum absolute atomic E-state index is 0.231. The highest BCUT2D eigenvalue weighted by atomic mass is 32.2. The lowest BCUT2D eigenvalue weighted by atomic mass is 9.96. The third kappa shape index (κ3) is 8.81. The van der Waals surface area contributed by atoms with Gasteiger partial charge in [0.2, 0.25) is 10.0 Å². The van der Waals surface area contributed by atoms with E-state index in [-0.39, 0.29) is 24.4 Å². The average Bonchev–Trinajstić information content (AvgIpc) is 2.98. The molecule has 4 rings (SSSR count). The lowest BCUT2D eigenvalue weighted by molar-refractivity contribution is 0.0697. The number of carboxylic acid groups (broad SMARTS) is 1. The quantitative estimate of drug-likeness (QED) is 0.142. The molecule has 0 radical (unpaired) electrons. The maximum atomic E-state index is 12.0. The predicted molar refractivity (Wildman–Crippen MR) is 167 cm³/mol. The molecule has 0 aliphatic rings. The number of sulfonamides is 1. The summed E-state index contributed by atoms with van der Waals surface area (Å²) in [4.78, 5) is 11.1. The Bertz CT molecular complexity index is 1660. The fourth-order valence-electron chi connectivity index (χ4n) is 4.54. The first-order chi connectivity index (χ1) is 20.5. The van der Waals surface area contributed by atoms with E-state index in [1.54, 1.807) is 42.5 Å². The Kier molecular flexibility index (Phi) is 10.4. The Morgan fingerprint density at radius 3 is 2.26 bits per heavy atom. The molecule has 0 amide bonds. The molecule has 226 valence electrons. The number of nitrogens with one attached hydrogen (secondary N) is 2. The molecule has 10 heteroatoms. The lowest BCUT2D eigenvalue weighted by Gasteiger charge is -2.18. The number of anilines is 1. The summed E-state index contributed by atoms with van der Waals surface area (Å²) in [5, 5.41) is 23.1. The van der Waals surface area contributed by atoms with E-state index in [4.69, 9.17) is 14.6 Å². The topological polar surface area (TPSA) is 134 Å². The fraction of sp³-hybridized carbons (Fsp3) is 0.242. The smallest absolute Gasteiger partial charge is 0.335 e. The van der Waals surface area contributed by atoms with Crippen molar-refractivity contribution in [3.8, 4) is 22.6 Å². The molecule has 4 aromatic carbocycles. The molecule has 4 N–H and O–H groups in total. The molecule has 0 aliphatic carbocycles. The Morgan fingerprint density at radius 1 is 0.884 bits per heavy atom. The largest absolute Gasteiger partial charge is 0.492 e. The first-order valence-corrected chi connectivity index (χ1v) is 15.6. The van der Waals surface area contributed by atoms with Crippen LogP contribution in [0.5, 0.6) is 11.5 Å². The molecule has 0 spiro atoms. The van der Waals surface area contributed by atoms with E-state index in [2.05, 4.69) is 10.0 Å². The van der Waals surface area contributed by atoms with Crippen LogP contribution in [0.4, 0.5) is 5.69 Å². The van der Waals surface area contributed by atoms with E-state index < -0.39 is 22.1 Å². The number of aliphatic hydroxyl groups is 1. The minimum atomic E-state index is -3.57. The zero-order valence-electron chi connectivity index (χ0n) is 24.3. The molecular weight excluding hydrogens is 568 g/mol. The predicted octanol–water partition coefficient (Wildman–Crippen LogP) is 5.32. The third-order valence-electron chi connectivity index (χ3n) is 6.98. The van der Waals surface area contributed by atoms with Crippen LogP contribution in [0.2, 0.25) is 0 Å². The van der Waals surface area contributed by atoms with Crippen molar-refractivity contribution >= 4 is 21.7 Å². The van der Waals surface area contributed by atoms with Crippen molar-refractivity contribution in [2.45, 2.75) is 26.6 Å². The van der Waals surface area contributed by atoms with Crippen molar-refractivity contribution in [2.75, 3.05) is 30.7 Å². The van der Waals surface area contributed by atoms with Gasteiger partial charge in [-0.1, -0.05) is 54.6 Å². The summed E-state index contributed by atoms with van der Waals surface area (Å²) < 4.78 is 38.3. The Morgan fingerprint density at radius 2 is 1.58 bits per heavy atom. The van der Waals surface area contributed by atoms with Crippen molar-refractivity contribution in [3.63, 3.8) is 0 Å². The molecule has 9 nitrogen and oxygen atoms in total. The molecule has 0 fully saturated rings. The highest BCUT2D eigenvalue weighted by Gasteiger charge is 2.15. The van der Waals surface area contributed by atoms with Gasteiger partial charge in [-0.2, -0.15) is 0 Å². The third-order valence-corrected chi connectivity index (χ3v) is 7.57. The summed E-state index contributed by atoms with van der Waals surface area (Å²) in [6.07, 6.45) is 0.174. The lowest BCUT2D eigenvalue weighted by Crippen LogP contribution is -2.26. The van der Waals surface area contributed by atoms with Crippen LogP contribution in [0.1, 0.15) is 38.7 Å². The first kappa shape index (κ1) is 31.6. The van der Waals surface area contributed by atoms with Crippen molar-refractivity contribution in [1.29, 1.82) is 0 Å². The number of benzene rings is 4. The van der Waals surface area contributed by atoms with Crippen LogP contribution in [0.25, 0.3) is 11.1 Å². The van der Waals surface area contributed by atoms with E-state index in [0.29, 0.717) is 24.5 Å². The normalized spacial score (nSPS) is 12.0. The Hall–Kier alpha value is -4.38. The van der Waals surface area contributed by atoms with Gasteiger partial charge in [0, 0.05) is 13.1 Å². The van der Waals surface area contributed by atoms with Gasteiger partial charge >= 0.3 is 5.97 Å². The number of ether oxygens (including phenoxy) is 2. The van der Waals surface area contributed by atoms with Crippen LogP contribution >= 0.6 is 0 Å². The Balaban J connectivity index is 1.31. The molecule has 4 aromatic rings. The van der Waals surface area contributed by atoms with E-state index in [1.807, 2.05) is 56.3 Å². The van der Waals surface area contributed by atoms with E-state index in [9.17, 15) is 18.3 Å². The van der Waals surface area contributed by atoms with Crippen LogP contribution in [-0.2, 0) is 16.6 Å². The van der Waals surface area contributed by atoms with E-state index in [1.165, 1.54) is 0 Å². The minimum Gasteiger partial charge on any atom is -0.492 e.